The van der Waals surface area contributed by atoms with Gasteiger partial charge in [0.1, 0.15) is 0 Å². The molecule has 0 aromatic heterocycles. The molecule has 0 aliphatic carbocycles. The number of carbonyl (C=O) groups excluding carboxylic acids is 2. The summed E-state index contributed by atoms with van der Waals surface area (Å²) in [4.78, 5) is 16.7. The fourth-order valence-electron chi connectivity index (χ4n) is 0. The number of hydrogen-bond acceptors (Lipinski definition) is 4. The first-order chi connectivity index (χ1) is 5.10. The summed E-state index contributed by atoms with van der Waals surface area (Å²) in [5.41, 5.74) is 1.02. The molecule has 4 heteroatoms. The van der Waals surface area contributed by atoms with Crippen LogP contribution >= 0.6 is 0 Å². The van der Waals surface area contributed by atoms with Crippen molar-refractivity contribution in [2.75, 3.05) is 0 Å². The van der Waals surface area contributed by atoms with Crippen molar-refractivity contribution in [1.82, 2.24) is 0 Å². The molecular formula is C7H10N2O2. The van der Waals surface area contributed by atoms with Crippen LogP contribution in [0.3, 0.4) is 0 Å². The number of allylic oxidation sites excluding steroid dienone is 2. The van der Waals surface area contributed by atoms with E-state index in [1.807, 2.05) is 6.92 Å². The van der Waals surface area contributed by atoms with E-state index in [1.165, 1.54) is 0 Å². The lowest BCUT2D eigenvalue weighted by Gasteiger charge is -1.71. The molecule has 0 heterocycles. The maximum atomic E-state index is 8.35. The van der Waals surface area contributed by atoms with Gasteiger partial charge in [-0.2, -0.15) is 0 Å². The molecule has 0 fully saturated rings. The predicted octanol–water partition coefficient (Wildman–Crippen LogP) is 1.55. The number of isocyanates is 2. The standard InChI is InChI=1S/C5H8.2CHNO/c1-4-5(2)3;2*2-1-3/h4H,1-2H2,3H3;2*2H. The van der Waals surface area contributed by atoms with Gasteiger partial charge in [0.2, 0.25) is 12.2 Å². The SMILES string of the molecule is C=CC(=C)C.N=C=O.N=C=O. The van der Waals surface area contributed by atoms with Crippen molar-refractivity contribution in [2.45, 2.75) is 6.92 Å². The van der Waals surface area contributed by atoms with Gasteiger partial charge in [0.05, 0.1) is 0 Å². The van der Waals surface area contributed by atoms with Crippen LogP contribution in [0, 0.1) is 10.8 Å². The molecule has 0 rings (SSSR count). The summed E-state index contributed by atoms with van der Waals surface area (Å²) < 4.78 is 0. The van der Waals surface area contributed by atoms with Crippen molar-refractivity contribution >= 4 is 12.2 Å². The second-order valence-corrected chi connectivity index (χ2v) is 1.25. The minimum absolute atomic E-state index is 0.750. The summed E-state index contributed by atoms with van der Waals surface area (Å²) in [5.74, 6) is 0. The van der Waals surface area contributed by atoms with Gasteiger partial charge in [-0.05, 0) is 6.92 Å². The van der Waals surface area contributed by atoms with Crippen molar-refractivity contribution in [3.8, 4) is 0 Å². The Bertz CT molecular complexity index is 161. The Morgan fingerprint density at radius 2 is 1.45 bits per heavy atom. The van der Waals surface area contributed by atoms with E-state index in [4.69, 9.17) is 20.4 Å². The Labute approximate surface area is 65.3 Å². The normalized spacial score (nSPS) is 4.45. The molecule has 60 valence electrons. The Balaban J connectivity index is -0.0000000933. The number of hydrogen-bond donors (Lipinski definition) is 2. The topological polar surface area (TPSA) is 81.8 Å². The van der Waals surface area contributed by atoms with Gasteiger partial charge in [0.25, 0.3) is 0 Å². The van der Waals surface area contributed by atoms with Crippen molar-refractivity contribution < 1.29 is 9.59 Å². The molecule has 0 aromatic carbocycles. The quantitative estimate of drug-likeness (QED) is 0.341. The maximum Gasteiger partial charge on any atom is 0.231 e. The first kappa shape index (κ1) is 16.1. The van der Waals surface area contributed by atoms with Crippen LogP contribution < -0.4 is 0 Å². The molecular weight excluding hydrogens is 144 g/mol. The van der Waals surface area contributed by atoms with Crippen LogP contribution in [-0.2, 0) is 9.59 Å². The lowest BCUT2D eigenvalue weighted by Crippen LogP contribution is -1.50. The molecule has 0 atom stereocenters. The van der Waals surface area contributed by atoms with Crippen LogP contribution in [0.2, 0.25) is 0 Å². The van der Waals surface area contributed by atoms with Gasteiger partial charge >= 0.3 is 0 Å². The van der Waals surface area contributed by atoms with Crippen LogP contribution in [0.4, 0.5) is 0 Å². The van der Waals surface area contributed by atoms with Crippen LogP contribution in [0.25, 0.3) is 0 Å². The molecule has 0 aromatic rings. The van der Waals surface area contributed by atoms with E-state index in [0.717, 1.165) is 17.7 Å². The summed E-state index contributed by atoms with van der Waals surface area (Å²) in [7, 11) is 0. The highest BCUT2D eigenvalue weighted by Crippen LogP contribution is 1.81. The molecule has 0 radical (unpaired) electrons. The van der Waals surface area contributed by atoms with Gasteiger partial charge in [0.15, 0.2) is 0 Å². The van der Waals surface area contributed by atoms with Gasteiger partial charge in [-0.3, -0.25) is 0 Å². The molecule has 0 aliphatic rings. The van der Waals surface area contributed by atoms with Gasteiger partial charge < -0.3 is 0 Å². The Hall–Kier alpha value is -1.76. The smallest absolute Gasteiger partial charge is 0.222 e. The zero-order chi connectivity index (χ0) is 9.70. The minimum Gasteiger partial charge on any atom is -0.222 e. The Morgan fingerprint density at radius 1 is 1.36 bits per heavy atom. The van der Waals surface area contributed by atoms with Crippen LogP contribution in [0.15, 0.2) is 24.8 Å². The molecule has 2 N–H and O–H groups in total. The lowest BCUT2D eigenvalue weighted by atomic mass is 10.4. The van der Waals surface area contributed by atoms with Gasteiger partial charge in [-0.25, -0.2) is 20.4 Å². The van der Waals surface area contributed by atoms with E-state index in [1.54, 1.807) is 6.08 Å². The van der Waals surface area contributed by atoms with Crippen LogP contribution in [-0.4, -0.2) is 12.2 Å². The zero-order valence-corrected chi connectivity index (χ0v) is 6.31. The van der Waals surface area contributed by atoms with Crippen LogP contribution in [0.1, 0.15) is 6.92 Å². The maximum absolute atomic E-state index is 8.35. The first-order valence-electron chi connectivity index (χ1n) is 2.46. The van der Waals surface area contributed by atoms with Crippen molar-refractivity contribution in [2.24, 2.45) is 0 Å². The van der Waals surface area contributed by atoms with E-state index in [-0.39, 0.29) is 0 Å². The molecule has 0 spiro atoms. The zero-order valence-electron chi connectivity index (χ0n) is 6.31. The van der Waals surface area contributed by atoms with Crippen molar-refractivity contribution in [3.05, 3.63) is 24.8 Å². The van der Waals surface area contributed by atoms with Gasteiger partial charge in [0, 0.05) is 0 Å². The number of rotatable bonds is 1. The van der Waals surface area contributed by atoms with E-state index < -0.39 is 0 Å². The Kier molecular flexibility index (Phi) is 35.2. The molecule has 0 saturated carbocycles. The minimum atomic E-state index is 0.750. The van der Waals surface area contributed by atoms with Crippen LogP contribution in [0.5, 0.6) is 0 Å². The number of nitrogens with one attached hydrogen (secondary N) is 2. The molecule has 4 nitrogen and oxygen atoms in total. The Morgan fingerprint density at radius 3 is 1.45 bits per heavy atom. The van der Waals surface area contributed by atoms with Gasteiger partial charge in [-0.15, -0.1) is 0 Å². The molecule has 0 unspecified atom stereocenters. The second-order valence-electron chi connectivity index (χ2n) is 1.25. The fraction of sp³-hybridized carbons (Fsp3) is 0.143. The average Bonchev–Trinajstić information content (AvgIpc) is 1.91. The van der Waals surface area contributed by atoms with Crippen molar-refractivity contribution in [1.29, 1.82) is 10.8 Å². The highest BCUT2D eigenvalue weighted by atomic mass is 16.1. The largest absolute Gasteiger partial charge is 0.231 e. The molecule has 0 saturated heterocycles. The highest BCUT2D eigenvalue weighted by molar-refractivity contribution is 5.26. The molecule has 0 amide bonds. The summed E-state index contributed by atoms with van der Waals surface area (Å²) in [6.07, 6.45) is 3.22. The predicted molar refractivity (Wildman–Crippen MR) is 41.8 cm³/mol. The second kappa shape index (κ2) is 24.0. The first-order valence-corrected chi connectivity index (χ1v) is 2.46. The molecule has 11 heavy (non-hydrogen) atoms. The summed E-state index contributed by atoms with van der Waals surface area (Å²) in [6, 6.07) is 0. The molecule has 0 aliphatic heterocycles. The van der Waals surface area contributed by atoms with Gasteiger partial charge in [-0.1, -0.05) is 24.8 Å². The van der Waals surface area contributed by atoms with Crippen molar-refractivity contribution in [3.63, 3.8) is 0 Å². The summed E-state index contributed by atoms with van der Waals surface area (Å²) >= 11 is 0. The highest BCUT2D eigenvalue weighted by Gasteiger charge is 1.59. The third kappa shape index (κ3) is 5570. The van der Waals surface area contributed by atoms with E-state index >= 15 is 0 Å². The van der Waals surface area contributed by atoms with E-state index in [0.29, 0.717) is 0 Å². The van der Waals surface area contributed by atoms with E-state index in [2.05, 4.69) is 13.2 Å². The molecule has 0 bridgehead atoms. The fourth-order valence-corrected chi connectivity index (χ4v) is 0. The average molecular weight is 154 g/mol. The third-order valence-corrected chi connectivity index (χ3v) is 0.348. The van der Waals surface area contributed by atoms with E-state index in [9.17, 15) is 0 Å². The monoisotopic (exact) mass is 154 g/mol. The lowest BCUT2D eigenvalue weighted by molar-refractivity contribution is 0.562. The summed E-state index contributed by atoms with van der Waals surface area (Å²) in [6.45, 7) is 8.93. The third-order valence-electron chi connectivity index (χ3n) is 0.348. The summed E-state index contributed by atoms with van der Waals surface area (Å²) in [5, 5.41) is 10.8.